The molecule has 0 rings (SSSR count). The number of ether oxygens (including phenoxy) is 13. The van der Waals surface area contributed by atoms with E-state index < -0.39 is 0 Å². The molecule has 0 bridgehead atoms. The van der Waals surface area contributed by atoms with Crippen LogP contribution in [0.3, 0.4) is 0 Å². The Balaban J connectivity index is 3.03. The molecule has 0 saturated carbocycles. The van der Waals surface area contributed by atoms with E-state index in [0.29, 0.717) is 178 Å². The van der Waals surface area contributed by atoms with Crippen LogP contribution in [-0.2, 0) is 61.6 Å². The smallest absolute Gasteiger partial charge is 0.0701 e. The summed E-state index contributed by atoms with van der Waals surface area (Å²) >= 11 is 5.51. The molecule has 0 aliphatic rings. The molecule has 266 valence electrons. The summed E-state index contributed by atoms with van der Waals surface area (Å²) in [6, 6.07) is 0. The summed E-state index contributed by atoms with van der Waals surface area (Å²) in [4.78, 5) is 0. The van der Waals surface area contributed by atoms with Crippen molar-refractivity contribution in [3.05, 3.63) is 0 Å². The molecule has 0 amide bonds. The first-order valence-electron chi connectivity index (χ1n) is 15.6. The number of halogens is 1. The van der Waals surface area contributed by atoms with Gasteiger partial charge in [0, 0.05) is 12.4 Å². The Hall–Kier alpha value is -0.270. The van der Waals surface area contributed by atoms with Crippen LogP contribution in [0, 0.1) is 0 Å². The highest BCUT2D eigenvalue weighted by atomic mass is 35.5. The fourth-order valence-electron chi connectivity index (χ4n) is 2.97. The molecule has 44 heavy (non-hydrogen) atoms. The number of hydrogen-bond donors (Lipinski definition) is 1. The predicted octanol–water partition coefficient (Wildman–Crippen LogP) is 0.660. The molecule has 0 atom stereocenters. The Kier molecular flexibility index (Phi) is 42.5. The van der Waals surface area contributed by atoms with E-state index in [4.69, 9.17) is 73.2 Å². The van der Waals surface area contributed by atoms with Crippen molar-refractivity contribution < 1.29 is 61.6 Å². The zero-order valence-corrected chi connectivity index (χ0v) is 27.7. The second-order valence-corrected chi connectivity index (χ2v) is 9.13. The maximum atomic E-state index is 5.51. The normalized spacial score (nSPS) is 11.6. The summed E-state index contributed by atoms with van der Waals surface area (Å²) in [5, 5.41) is 3.02. The first-order valence-corrected chi connectivity index (χ1v) is 16.2. The minimum absolute atomic E-state index is 0.497. The SMILES string of the molecule is CNCCOCCOCCOCCOCCOCCOCCOCCOCCOCCOCCOCCOCCOCCCl. The molecule has 0 aliphatic heterocycles. The van der Waals surface area contributed by atoms with E-state index in [2.05, 4.69) is 5.32 Å². The Morgan fingerprint density at radius 2 is 0.432 bits per heavy atom. The van der Waals surface area contributed by atoms with Crippen LogP contribution in [0.15, 0.2) is 0 Å². The van der Waals surface area contributed by atoms with E-state index in [9.17, 15) is 0 Å². The maximum absolute atomic E-state index is 5.51. The lowest BCUT2D eigenvalue weighted by Crippen LogP contribution is -2.17. The van der Waals surface area contributed by atoms with E-state index in [0.717, 1.165) is 6.54 Å². The molecular formula is C29H60ClNO13. The molecule has 0 heterocycles. The third-order valence-electron chi connectivity index (χ3n) is 5.18. The molecule has 0 aromatic carbocycles. The molecular weight excluding hydrogens is 606 g/mol. The van der Waals surface area contributed by atoms with Gasteiger partial charge in [-0.05, 0) is 7.05 Å². The minimum atomic E-state index is 0.497. The van der Waals surface area contributed by atoms with Gasteiger partial charge in [0.15, 0.2) is 0 Å². The van der Waals surface area contributed by atoms with Gasteiger partial charge >= 0.3 is 0 Å². The van der Waals surface area contributed by atoms with Gasteiger partial charge < -0.3 is 66.9 Å². The van der Waals surface area contributed by atoms with E-state index in [-0.39, 0.29) is 0 Å². The van der Waals surface area contributed by atoms with Gasteiger partial charge in [0.1, 0.15) is 0 Å². The van der Waals surface area contributed by atoms with Crippen LogP contribution in [0.4, 0.5) is 0 Å². The number of nitrogens with one attached hydrogen (secondary N) is 1. The fraction of sp³-hybridized carbons (Fsp3) is 1.00. The summed E-state index contributed by atoms with van der Waals surface area (Å²) < 4.78 is 70.4. The molecule has 15 heteroatoms. The van der Waals surface area contributed by atoms with E-state index >= 15 is 0 Å². The topological polar surface area (TPSA) is 132 Å². The summed E-state index contributed by atoms with van der Waals surface area (Å²) in [6.07, 6.45) is 0. The first kappa shape index (κ1) is 43.7. The summed E-state index contributed by atoms with van der Waals surface area (Å²) in [5.41, 5.74) is 0. The second-order valence-electron chi connectivity index (χ2n) is 8.75. The number of likely N-dealkylation sites (N-methyl/N-ethyl adjacent to an activating group) is 1. The largest absolute Gasteiger partial charge is 0.378 e. The molecule has 14 nitrogen and oxygen atoms in total. The van der Waals surface area contributed by atoms with Crippen LogP contribution in [-0.4, -0.2) is 191 Å². The highest BCUT2D eigenvalue weighted by Gasteiger charge is 1.97. The Bertz CT molecular complexity index is 462. The standard InChI is InChI=1S/C29H60ClNO13/c1-31-3-5-33-7-9-35-11-13-37-15-17-39-19-21-41-23-25-43-27-29-44-28-26-42-24-22-40-20-18-38-16-14-36-12-10-34-8-6-32-4-2-30/h31H,2-29H2,1H3. The highest BCUT2D eigenvalue weighted by molar-refractivity contribution is 6.17. The molecule has 0 fully saturated rings. The number of alkyl halides is 1. The lowest BCUT2D eigenvalue weighted by atomic mass is 10.6. The van der Waals surface area contributed by atoms with Crippen molar-refractivity contribution in [3.63, 3.8) is 0 Å². The highest BCUT2D eigenvalue weighted by Crippen LogP contribution is 1.88. The van der Waals surface area contributed by atoms with Crippen molar-refractivity contribution in [2.75, 3.05) is 191 Å². The average Bonchev–Trinajstić information content (AvgIpc) is 3.04. The molecule has 1 N–H and O–H groups in total. The Labute approximate surface area is 269 Å². The van der Waals surface area contributed by atoms with Gasteiger partial charge in [-0.25, -0.2) is 0 Å². The van der Waals surface area contributed by atoms with Gasteiger partial charge in [0.05, 0.1) is 172 Å². The van der Waals surface area contributed by atoms with Crippen molar-refractivity contribution in [2.24, 2.45) is 0 Å². The lowest BCUT2D eigenvalue weighted by Gasteiger charge is -2.09. The van der Waals surface area contributed by atoms with Gasteiger partial charge in [-0.1, -0.05) is 0 Å². The minimum Gasteiger partial charge on any atom is -0.378 e. The molecule has 0 unspecified atom stereocenters. The lowest BCUT2D eigenvalue weighted by molar-refractivity contribution is -0.0289. The van der Waals surface area contributed by atoms with Crippen molar-refractivity contribution >= 4 is 11.6 Å². The fourth-order valence-corrected chi connectivity index (χ4v) is 3.08. The van der Waals surface area contributed by atoms with Crippen molar-refractivity contribution in [2.45, 2.75) is 0 Å². The average molecular weight is 666 g/mol. The van der Waals surface area contributed by atoms with Crippen LogP contribution in [0.25, 0.3) is 0 Å². The summed E-state index contributed by atoms with van der Waals surface area (Å²) in [5.74, 6) is 0.497. The third kappa shape index (κ3) is 41.7. The van der Waals surface area contributed by atoms with Crippen molar-refractivity contribution in [3.8, 4) is 0 Å². The Morgan fingerprint density at radius 1 is 0.273 bits per heavy atom. The zero-order valence-electron chi connectivity index (χ0n) is 27.0. The quantitative estimate of drug-likeness (QED) is 0.0724. The molecule has 0 aromatic heterocycles. The molecule has 0 spiro atoms. The number of rotatable bonds is 41. The van der Waals surface area contributed by atoms with Gasteiger partial charge in [0.2, 0.25) is 0 Å². The molecule has 0 aliphatic carbocycles. The monoisotopic (exact) mass is 665 g/mol. The van der Waals surface area contributed by atoms with Crippen LogP contribution in [0.5, 0.6) is 0 Å². The molecule has 0 radical (unpaired) electrons. The van der Waals surface area contributed by atoms with E-state index in [1.54, 1.807) is 0 Å². The van der Waals surface area contributed by atoms with Gasteiger partial charge in [-0.15, -0.1) is 11.6 Å². The second kappa shape index (κ2) is 42.7. The van der Waals surface area contributed by atoms with E-state index in [1.807, 2.05) is 7.05 Å². The third-order valence-corrected chi connectivity index (χ3v) is 5.34. The Morgan fingerprint density at radius 3 is 0.591 bits per heavy atom. The van der Waals surface area contributed by atoms with Crippen LogP contribution < -0.4 is 5.32 Å². The zero-order chi connectivity index (χ0) is 31.7. The maximum Gasteiger partial charge on any atom is 0.0701 e. The number of hydrogen-bond acceptors (Lipinski definition) is 14. The van der Waals surface area contributed by atoms with Crippen LogP contribution in [0.2, 0.25) is 0 Å². The van der Waals surface area contributed by atoms with Gasteiger partial charge in [0.25, 0.3) is 0 Å². The molecule has 0 aromatic rings. The van der Waals surface area contributed by atoms with E-state index in [1.165, 1.54) is 0 Å². The first-order chi connectivity index (χ1) is 21.9. The van der Waals surface area contributed by atoms with Crippen molar-refractivity contribution in [1.29, 1.82) is 0 Å². The van der Waals surface area contributed by atoms with Gasteiger partial charge in [-0.2, -0.15) is 0 Å². The van der Waals surface area contributed by atoms with Crippen LogP contribution in [0.1, 0.15) is 0 Å². The summed E-state index contributed by atoms with van der Waals surface area (Å²) in [7, 11) is 1.89. The van der Waals surface area contributed by atoms with Crippen LogP contribution >= 0.6 is 11.6 Å². The summed E-state index contributed by atoms with van der Waals surface area (Å²) in [6.45, 7) is 14.7. The molecule has 0 saturated heterocycles. The predicted molar refractivity (Wildman–Crippen MR) is 165 cm³/mol. The van der Waals surface area contributed by atoms with Crippen molar-refractivity contribution in [1.82, 2.24) is 5.32 Å². The van der Waals surface area contributed by atoms with Gasteiger partial charge in [-0.3, -0.25) is 0 Å².